The molecule has 3 aromatic rings. The highest BCUT2D eigenvalue weighted by Crippen LogP contribution is 2.25. The quantitative estimate of drug-likeness (QED) is 0.598. The van der Waals surface area contributed by atoms with Crippen LogP contribution in [0.25, 0.3) is 0 Å². The summed E-state index contributed by atoms with van der Waals surface area (Å²) in [6.07, 6.45) is 0.661. The van der Waals surface area contributed by atoms with Gasteiger partial charge in [0, 0.05) is 19.2 Å². The third kappa shape index (κ3) is 4.08. The van der Waals surface area contributed by atoms with Crippen molar-refractivity contribution in [3.63, 3.8) is 0 Å². The van der Waals surface area contributed by atoms with Gasteiger partial charge < -0.3 is 9.26 Å². The van der Waals surface area contributed by atoms with E-state index in [4.69, 9.17) is 9.26 Å². The minimum absolute atomic E-state index is 0.0456. The molecule has 29 heavy (non-hydrogen) atoms. The lowest BCUT2D eigenvalue weighted by Crippen LogP contribution is -2.36. The summed E-state index contributed by atoms with van der Waals surface area (Å²) in [5.74, 6) is -0.000984. The van der Waals surface area contributed by atoms with Gasteiger partial charge in [0.15, 0.2) is 0 Å². The summed E-state index contributed by atoms with van der Waals surface area (Å²) in [6, 6.07) is 15.4. The Hall–Kier alpha value is -2.97. The number of carbonyl (C=O) groups is 1. The molecule has 0 N–H and O–H groups in total. The monoisotopic (exact) mass is 412 g/mol. The molecule has 150 valence electrons. The number of hydrogen-bond acceptors (Lipinski definition) is 6. The molecular formula is C21H20N2O5S. The van der Waals surface area contributed by atoms with Crippen LogP contribution in [0.5, 0.6) is 0 Å². The van der Waals surface area contributed by atoms with Gasteiger partial charge in [0.05, 0.1) is 10.5 Å². The van der Waals surface area contributed by atoms with Gasteiger partial charge in [-0.2, -0.15) is 4.31 Å². The molecule has 0 saturated heterocycles. The lowest BCUT2D eigenvalue weighted by atomic mass is 10.0. The van der Waals surface area contributed by atoms with Crippen LogP contribution >= 0.6 is 0 Å². The molecule has 0 amide bonds. The summed E-state index contributed by atoms with van der Waals surface area (Å²) in [6.45, 7) is 2.42. The molecule has 1 aliphatic heterocycles. The van der Waals surface area contributed by atoms with E-state index in [-0.39, 0.29) is 17.1 Å². The molecule has 0 saturated carbocycles. The summed E-state index contributed by atoms with van der Waals surface area (Å²) in [5, 5.41) is 3.76. The zero-order valence-corrected chi connectivity index (χ0v) is 16.7. The van der Waals surface area contributed by atoms with Crippen LogP contribution in [-0.2, 0) is 34.3 Å². The number of sulfonamides is 1. The number of nitrogens with zero attached hydrogens (tertiary/aromatic N) is 2. The number of aryl methyl sites for hydroxylation is 1. The van der Waals surface area contributed by atoms with Crippen molar-refractivity contribution < 1.29 is 22.5 Å². The Kier molecular flexibility index (Phi) is 5.21. The van der Waals surface area contributed by atoms with E-state index in [1.165, 1.54) is 28.1 Å². The van der Waals surface area contributed by atoms with E-state index in [2.05, 4.69) is 5.16 Å². The Bertz CT molecular complexity index is 1150. The molecular weight excluding hydrogens is 392 g/mol. The molecule has 0 fully saturated rings. The molecule has 0 unspecified atom stereocenters. The molecule has 0 bridgehead atoms. The van der Waals surface area contributed by atoms with Gasteiger partial charge in [-0.1, -0.05) is 35.5 Å². The molecule has 7 nitrogen and oxygen atoms in total. The maximum absolute atomic E-state index is 13.1. The summed E-state index contributed by atoms with van der Waals surface area (Å²) in [7, 11) is -3.73. The van der Waals surface area contributed by atoms with Crippen LogP contribution < -0.4 is 0 Å². The third-order valence-electron chi connectivity index (χ3n) is 4.83. The van der Waals surface area contributed by atoms with Crippen molar-refractivity contribution in [1.82, 2.24) is 9.46 Å². The topological polar surface area (TPSA) is 89.7 Å². The van der Waals surface area contributed by atoms with Gasteiger partial charge in [-0.05, 0) is 42.7 Å². The molecule has 1 aliphatic rings. The molecule has 8 heteroatoms. The number of benzene rings is 2. The van der Waals surface area contributed by atoms with Gasteiger partial charge >= 0.3 is 5.97 Å². The Morgan fingerprint density at radius 3 is 2.69 bits per heavy atom. The molecule has 0 spiro atoms. The number of hydrogen-bond donors (Lipinski definition) is 0. The van der Waals surface area contributed by atoms with Crippen molar-refractivity contribution in [2.24, 2.45) is 0 Å². The van der Waals surface area contributed by atoms with Gasteiger partial charge in [-0.3, -0.25) is 0 Å². The van der Waals surface area contributed by atoms with Gasteiger partial charge in [-0.15, -0.1) is 0 Å². The summed E-state index contributed by atoms with van der Waals surface area (Å²) in [4.78, 5) is 12.4. The van der Waals surface area contributed by atoms with Gasteiger partial charge in [-0.25, -0.2) is 13.2 Å². The van der Waals surface area contributed by atoms with Crippen LogP contribution in [0.2, 0.25) is 0 Å². The van der Waals surface area contributed by atoms with E-state index in [0.717, 1.165) is 5.56 Å². The fraction of sp³-hybridized carbons (Fsp3) is 0.238. The van der Waals surface area contributed by atoms with E-state index in [1.54, 1.807) is 19.1 Å². The molecule has 0 aliphatic carbocycles. The number of ether oxygens (including phenoxy) is 1. The van der Waals surface area contributed by atoms with Crippen LogP contribution in [0, 0.1) is 6.92 Å². The summed E-state index contributed by atoms with van der Waals surface area (Å²) in [5.41, 5.74) is 2.83. The predicted octanol–water partition coefficient (Wildman–Crippen LogP) is 3.09. The Morgan fingerprint density at radius 2 is 1.93 bits per heavy atom. The fourth-order valence-electron chi connectivity index (χ4n) is 3.32. The number of carbonyl (C=O) groups excluding carboxylic acids is 1. The Labute approximate surface area is 168 Å². The zero-order chi connectivity index (χ0) is 20.4. The molecule has 2 aromatic carbocycles. The molecule has 4 rings (SSSR count). The maximum Gasteiger partial charge on any atom is 0.338 e. The fourth-order valence-corrected chi connectivity index (χ4v) is 4.78. The number of esters is 1. The van der Waals surface area contributed by atoms with Crippen molar-refractivity contribution >= 4 is 16.0 Å². The highest BCUT2D eigenvalue weighted by molar-refractivity contribution is 7.89. The van der Waals surface area contributed by atoms with E-state index in [1.807, 2.05) is 24.3 Å². The molecule has 1 aromatic heterocycles. The van der Waals surface area contributed by atoms with Crippen molar-refractivity contribution in [2.45, 2.75) is 31.4 Å². The average Bonchev–Trinajstić information content (AvgIpc) is 3.17. The first-order chi connectivity index (χ1) is 13.9. The minimum atomic E-state index is -3.73. The predicted molar refractivity (Wildman–Crippen MR) is 105 cm³/mol. The smallest absolute Gasteiger partial charge is 0.338 e. The first-order valence-corrected chi connectivity index (χ1v) is 10.6. The van der Waals surface area contributed by atoms with Gasteiger partial charge in [0.1, 0.15) is 18.1 Å². The van der Waals surface area contributed by atoms with E-state index in [9.17, 15) is 13.2 Å². The van der Waals surface area contributed by atoms with Gasteiger partial charge in [0.25, 0.3) is 0 Å². The average molecular weight is 412 g/mol. The summed E-state index contributed by atoms with van der Waals surface area (Å²) < 4.78 is 37.8. The molecule has 0 radical (unpaired) electrons. The standard InChI is InChI=1S/C21H20N2O5S/c1-15-11-19(22-28-15)14-27-21(24)17-7-4-8-20(12-17)29(25,26)23-10-9-16-5-2-3-6-18(16)13-23/h2-8,11-12H,9-10,13-14H2,1H3. The largest absolute Gasteiger partial charge is 0.455 e. The Morgan fingerprint density at radius 1 is 1.14 bits per heavy atom. The number of aromatic nitrogens is 1. The van der Waals surface area contributed by atoms with Crippen molar-refractivity contribution in [3.05, 3.63) is 82.7 Å². The van der Waals surface area contributed by atoms with Crippen molar-refractivity contribution in [2.75, 3.05) is 6.54 Å². The molecule has 2 heterocycles. The second kappa shape index (κ2) is 7.81. The second-order valence-corrected chi connectivity index (χ2v) is 8.83. The maximum atomic E-state index is 13.1. The van der Waals surface area contributed by atoms with Crippen LogP contribution in [0.3, 0.4) is 0 Å². The van der Waals surface area contributed by atoms with Crippen LogP contribution in [0.15, 0.2) is 64.0 Å². The van der Waals surface area contributed by atoms with Crippen LogP contribution in [-0.4, -0.2) is 30.4 Å². The normalized spacial score (nSPS) is 14.4. The van der Waals surface area contributed by atoms with Crippen molar-refractivity contribution in [3.8, 4) is 0 Å². The molecule has 0 atom stereocenters. The lowest BCUT2D eigenvalue weighted by Gasteiger charge is -2.28. The van der Waals surface area contributed by atoms with Gasteiger partial charge in [0.2, 0.25) is 10.0 Å². The number of rotatable bonds is 5. The summed E-state index contributed by atoms with van der Waals surface area (Å²) >= 11 is 0. The van der Waals surface area contributed by atoms with E-state index in [0.29, 0.717) is 31.0 Å². The van der Waals surface area contributed by atoms with E-state index < -0.39 is 16.0 Å². The SMILES string of the molecule is Cc1cc(COC(=O)c2cccc(S(=O)(=O)N3CCc4ccccc4C3)c2)no1. The van der Waals surface area contributed by atoms with Crippen LogP contribution in [0.4, 0.5) is 0 Å². The lowest BCUT2D eigenvalue weighted by molar-refractivity contribution is 0.0464. The van der Waals surface area contributed by atoms with E-state index >= 15 is 0 Å². The Balaban J connectivity index is 1.51. The first kappa shape index (κ1) is 19.4. The zero-order valence-electron chi connectivity index (χ0n) is 15.9. The highest BCUT2D eigenvalue weighted by atomic mass is 32.2. The minimum Gasteiger partial charge on any atom is -0.455 e. The third-order valence-corrected chi connectivity index (χ3v) is 6.67. The van der Waals surface area contributed by atoms with Crippen molar-refractivity contribution in [1.29, 1.82) is 0 Å². The highest BCUT2D eigenvalue weighted by Gasteiger charge is 2.28. The second-order valence-electron chi connectivity index (χ2n) is 6.89. The van der Waals surface area contributed by atoms with Crippen LogP contribution in [0.1, 0.15) is 32.9 Å². The first-order valence-electron chi connectivity index (χ1n) is 9.20. The number of fused-ring (bicyclic) bond motifs is 1.